The molecule has 6 heteroatoms. The second-order valence-corrected chi connectivity index (χ2v) is 6.88. The van der Waals surface area contributed by atoms with Crippen molar-refractivity contribution in [2.45, 2.75) is 11.3 Å². The van der Waals surface area contributed by atoms with Crippen molar-refractivity contribution in [1.29, 1.82) is 0 Å². The van der Waals surface area contributed by atoms with Crippen molar-refractivity contribution in [3.8, 4) is 11.4 Å². The van der Waals surface area contributed by atoms with E-state index in [1.807, 2.05) is 61.5 Å². The van der Waals surface area contributed by atoms with Gasteiger partial charge in [-0.3, -0.25) is 4.79 Å². The second kappa shape index (κ2) is 7.39. The maximum Gasteiger partial charge on any atom is 0.234 e. The van der Waals surface area contributed by atoms with Gasteiger partial charge in [0.15, 0.2) is 10.2 Å². The minimum absolute atomic E-state index is 0.0474. The van der Waals surface area contributed by atoms with Gasteiger partial charge in [-0.05, 0) is 36.2 Å². The van der Waals surface area contributed by atoms with Crippen molar-refractivity contribution in [2.24, 2.45) is 0 Å². The number of aryl methyl sites for hydroxylation is 1. The van der Waals surface area contributed by atoms with Gasteiger partial charge in [0.2, 0.25) is 5.91 Å². The molecular formula is C17H15N3OS2. The number of hydrogen-bond acceptors (Lipinski definition) is 5. The molecule has 0 unspecified atom stereocenters. The molecule has 0 saturated heterocycles. The molecule has 1 amide bonds. The Balaban J connectivity index is 1.59. The van der Waals surface area contributed by atoms with Gasteiger partial charge < -0.3 is 5.32 Å². The summed E-state index contributed by atoms with van der Waals surface area (Å²) in [6, 6.07) is 17.4. The van der Waals surface area contributed by atoms with Crippen LogP contribution in [0, 0.1) is 6.92 Å². The van der Waals surface area contributed by atoms with Gasteiger partial charge in [-0.25, -0.2) is 4.98 Å². The van der Waals surface area contributed by atoms with Crippen LogP contribution in [-0.2, 0) is 4.79 Å². The number of nitrogens with one attached hydrogen (secondary N) is 1. The van der Waals surface area contributed by atoms with E-state index in [1.54, 1.807) is 0 Å². The second-order valence-electron chi connectivity index (χ2n) is 4.90. The highest BCUT2D eigenvalue weighted by Gasteiger charge is 2.11. The van der Waals surface area contributed by atoms with Crippen LogP contribution in [-0.4, -0.2) is 21.0 Å². The van der Waals surface area contributed by atoms with E-state index in [0.29, 0.717) is 5.75 Å². The fourth-order valence-corrected chi connectivity index (χ4v) is 3.46. The first-order chi connectivity index (χ1) is 11.2. The molecule has 1 N–H and O–H groups in total. The number of aromatic nitrogens is 2. The summed E-state index contributed by atoms with van der Waals surface area (Å²) in [5.74, 6) is 0.991. The minimum Gasteiger partial charge on any atom is -0.325 e. The third-order valence-electron chi connectivity index (χ3n) is 3.18. The largest absolute Gasteiger partial charge is 0.325 e. The number of thioether (sulfide) groups is 1. The highest BCUT2D eigenvalue weighted by atomic mass is 32.2. The zero-order valence-corrected chi connectivity index (χ0v) is 14.2. The minimum atomic E-state index is -0.0474. The van der Waals surface area contributed by atoms with Gasteiger partial charge in [-0.2, -0.15) is 4.37 Å². The number of anilines is 1. The third kappa shape index (κ3) is 4.18. The average Bonchev–Trinajstić information content (AvgIpc) is 3.03. The zero-order valence-electron chi connectivity index (χ0n) is 12.5. The summed E-state index contributed by atoms with van der Waals surface area (Å²) in [5.41, 5.74) is 2.98. The van der Waals surface area contributed by atoms with Crippen LogP contribution in [0.15, 0.2) is 58.9 Å². The highest BCUT2D eigenvalue weighted by molar-refractivity contribution is 8.01. The maximum atomic E-state index is 11.9. The molecule has 3 aromatic rings. The molecule has 23 heavy (non-hydrogen) atoms. The topological polar surface area (TPSA) is 54.9 Å². The molecule has 1 aromatic heterocycles. The summed E-state index contributed by atoms with van der Waals surface area (Å²) in [4.78, 5) is 16.5. The van der Waals surface area contributed by atoms with Crippen molar-refractivity contribution in [3.05, 3.63) is 60.2 Å². The SMILES string of the molecule is Cc1ccccc1-c1nsc(SCC(=O)Nc2ccccc2)n1. The number of hydrogen-bond donors (Lipinski definition) is 1. The standard InChI is InChI=1S/C17H15N3OS2/c1-12-7-5-6-10-14(12)16-19-17(23-20-16)22-11-15(21)18-13-8-3-2-4-9-13/h2-10H,11H2,1H3,(H,18,21). The van der Waals surface area contributed by atoms with Crippen molar-refractivity contribution in [3.63, 3.8) is 0 Å². The van der Waals surface area contributed by atoms with Gasteiger partial charge >= 0.3 is 0 Å². The molecule has 0 fully saturated rings. The molecule has 0 aliphatic rings. The average molecular weight is 341 g/mol. The van der Waals surface area contributed by atoms with E-state index in [9.17, 15) is 4.79 Å². The number of amides is 1. The number of carbonyl (C=O) groups is 1. The molecule has 1 heterocycles. The Bertz CT molecular complexity index is 802. The van der Waals surface area contributed by atoms with Crippen LogP contribution in [0.4, 0.5) is 5.69 Å². The molecule has 116 valence electrons. The quantitative estimate of drug-likeness (QED) is 0.705. The number of benzene rings is 2. The van der Waals surface area contributed by atoms with E-state index in [0.717, 1.165) is 27.0 Å². The zero-order chi connectivity index (χ0) is 16.1. The number of para-hydroxylation sites is 1. The van der Waals surface area contributed by atoms with Crippen molar-refractivity contribution in [1.82, 2.24) is 9.36 Å². The predicted octanol–water partition coefficient (Wildman–Crippen LogP) is 4.24. The Morgan fingerprint density at radius 3 is 2.65 bits per heavy atom. The summed E-state index contributed by atoms with van der Waals surface area (Å²) < 4.78 is 5.18. The lowest BCUT2D eigenvalue weighted by molar-refractivity contribution is -0.113. The molecule has 0 saturated carbocycles. The first kappa shape index (κ1) is 15.7. The molecule has 0 spiro atoms. The summed E-state index contributed by atoms with van der Waals surface area (Å²) in [5, 5.41) is 2.86. The van der Waals surface area contributed by atoms with Crippen LogP contribution in [0.3, 0.4) is 0 Å². The normalized spacial score (nSPS) is 10.5. The highest BCUT2D eigenvalue weighted by Crippen LogP contribution is 2.26. The van der Waals surface area contributed by atoms with Gasteiger partial charge in [0.25, 0.3) is 0 Å². The molecular weight excluding hydrogens is 326 g/mol. The first-order valence-corrected chi connectivity index (χ1v) is 8.86. The summed E-state index contributed by atoms with van der Waals surface area (Å²) >= 11 is 2.73. The lowest BCUT2D eigenvalue weighted by atomic mass is 10.1. The fourth-order valence-electron chi connectivity index (χ4n) is 2.05. The Labute approximate surface area is 143 Å². The summed E-state index contributed by atoms with van der Waals surface area (Å²) in [7, 11) is 0. The molecule has 4 nitrogen and oxygen atoms in total. The third-order valence-corrected chi connectivity index (χ3v) is 5.01. The van der Waals surface area contributed by atoms with E-state index in [2.05, 4.69) is 14.7 Å². The van der Waals surface area contributed by atoms with Crippen LogP contribution in [0.25, 0.3) is 11.4 Å². The van der Waals surface area contributed by atoms with Gasteiger partial charge in [0.1, 0.15) is 0 Å². The number of carbonyl (C=O) groups excluding carboxylic acids is 1. The van der Waals surface area contributed by atoms with Gasteiger partial charge in [0.05, 0.1) is 5.75 Å². The molecule has 0 aliphatic heterocycles. The number of rotatable bonds is 5. The molecule has 0 radical (unpaired) electrons. The van der Waals surface area contributed by atoms with Crippen molar-refractivity contribution in [2.75, 3.05) is 11.1 Å². The molecule has 0 atom stereocenters. The van der Waals surface area contributed by atoms with Crippen LogP contribution in [0.5, 0.6) is 0 Å². The maximum absolute atomic E-state index is 11.9. The lowest BCUT2D eigenvalue weighted by Crippen LogP contribution is -2.13. The smallest absolute Gasteiger partial charge is 0.234 e. The lowest BCUT2D eigenvalue weighted by Gasteiger charge is -2.03. The first-order valence-electron chi connectivity index (χ1n) is 7.10. The van der Waals surface area contributed by atoms with Crippen LogP contribution < -0.4 is 5.32 Å². The van der Waals surface area contributed by atoms with Crippen LogP contribution in [0.1, 0.15) is 5.56 Å². The van der Waals surface area contributed by atoms with Crippen LogP contribution >= 0.6 is 23.3 Å². The summed E-state index contributed by atoms with van der Waals surface area (Å²) in [6.45, 7) is 2.04. The Hall–Kier alpha value is -2.18. The van der Waals surface area contributed by atoms with E-state index < -0.39 is 0 Å². The molecule has 2 aromatic carbocycles. The van der Waals surface area contributed by atoms with Gasteiger partial charge in [0, 0.05) is 11.3 Å². The Morgan fingerprint density at radius 1 is 1.13 bits per heavy atom. The van der Waals surface area contributed by atoms with Crippen molar-refractivity contribution >= 4 is 34.9 Å². The Kier molecular flexibility index (Phi) is 5.05. The fraction of sp³-hybridized carbons (Fsp3) is 0.118. The monoisotopic (exact) mass is 341 g/mol. The van der Waals surface area contributed by atoms with E-state index in [-0.39, 0.29) is 5.91 Å². The molecule has 3 rings (SSSR count). The van der Waals surface area contributed by atoms with Crippen LogP contribution in [0.2, 0.25) is 0 Å². The van der Waals surface area contributed by atoms with E-state index in [4.69, 9.17) is 0 Å². The Morgan fingerprint density at radius 2 is 1.87 bits per heavy atom. The number of nitrogens with zero attached hydrogens (tertiary/aromatic N) is 2. The van der Waals surface area contributed by atoms with Crippen molar-refractivity contribution < 1.29 is 4.79 Å². The van der Waals surface area contributed by atoms with E-state index >= 15 is 0 Å². The molecule has 0 aliphatic carbocycles. The molecule has 0 bridgehead atoms. The van der Waals surface area contributed by atoms with E-state index in [1.165, 1.54) is 23.3 Å². The summed E-state index contributed by atoms with van der Waals surface area (Å²) in [6.07, 6.45) is 0. The van der Waals surface area contributed by atoms with Gasteiger partial charge in [-0.1, -0.05) is 54.2 Å². The predicted molar refractivity (Wildman–Crippen MR) is 95.9 cm³/mol. The van der Waals surface area contributed by atoms with Gasteiger partial charge in [-0.15, -0.1) is 0 Å².